The predicted molar refractivity (Wildman–Crippen MR) is 98.4 cm³/mol. The molecule has 6 heteroatoms. The molecule has 0 aliphatic carbocycles. The molecule has 2 aromatic heterocycles. The first-order chi connectivity index (χ1) is 11.6. The first kappa shape index (κ1) is 16.7. The van der Waals surface area contributed by atoms with Crippen molar-refractivity contribution in [1.82, 2.24) is 14.8 Å². The SMILES string of the molecule is Cc1nc(-c2cccc(NCc3c(C)nn(CCO)c3C)c2)cs1. The average molecular weight is 342 g/mol. The molecule has 1 aromatic carbocycles. The van der Waals surface area contributed by atoms with E-state index in [2.05, 4.69) is 39.0 Å². The molecule has 0 amide bonds. The molecular formula is C18H22N4OS. The van der Waals surface area contributed by atoms with Crippen LogP contribution in [0.1, 0.15) is 22.0 Å². The van der Waals surface area contributed by atoms with E-state index in [0.29, 0.717) is 13.1 Å². The van der Waals surface area contributed by atoms with Crippen LogP contribution in [0.4, 0.5) is 5.69 Å². The number of rotatable bonds is 6. The fraction of sp³-hybridized carbons (Fsp3) is 0.333. The summed E-state index contributed by atoms with van der Waals surface area (Å²) in [5, 5.41) is 20.2. The lowest BCUT2D eigenvalue weighted by Crippen LogP contribution is -2.07. The van der Waals surface area contributed by atoms with Crippen LogP contribution in [0.25, 0.3) is 11.3 Å². The van der Waals surface area contributed by atoms with Gasteiger partial charge in [-0.15, -0.1) is 11.3 Å². The lowest BCUT2D eigenvalue weighted by molar-refractivity contribution is 0.268. The van der Waals surface area contributed by atoms with E-state index in [1.54, 1.807) is 11.3 Å². The van der Waals surface area contributed by atoms with Gasteiger partial charge < -0.3 is 10.4 Å². The van der Waals surface area contributed by atoms with Gasteiger partial charge >= 0.3 is 0 Å². The van der Waals surface area contributed by atoms with E-state index < -0.39 is 0 Å². The molecule has 3 aromatic rings. The fourth-order valence-electron chi connectivity index (χ4n) is 2.78. The highest BCUT2D eigenvalue weighted by atomic mass is 32.1. The first-order valence-electron chi connectivity index (χ1n) is 7.98. The van der Waals surface area contributed by atoms with Gasteiger partial charge in [-0.1, -0.05) is 12.1 Å². The molecule has 0 fully saturated rings. The Labute approximate surface area is 146 Å². The van der Waals surface area contributed by atoms with Gasteiger partial charge in [-0.2, -0.15) is 5.10 Å². The lowest BCUT2D eigenvalue weighted by Gasteiger charge is -2.09. The second kappa shape index (κ2) is 7.15. The summed E-state index contributed by atoms with van der Waals surface area (Å²) in [5.74, 6) is 0. The molecule has 0 atom stereocenters. The maximum Gasteiger partial charge on any atom is 0.0901 e. The third-order valence-electron chi connectivity index (χ3n) is 4.09. The summed E-state index contributed by atoms with van der Waals surface area (Å²) in [4.78, 5) is 4.55. The van der Waals surface area contributed by atoms with Gasteiger partial charge in [0.15, 0.2) is 0 Å². The zero-order valence-corrected chi connectivity index (χ0v) is 15.0. The number of aromatic nitrogens is 3. The highest BCUT2D eigenvalue weighted by Gasteiger charge is 2.11. The molecule has 0 unspecified atom stereocenters. The van der Waals surface area contributed by atoms with Crippen LogP contribution in [-0.2, 0) is 13.1 Å². The largest absolute Gasteiger partial charge is 0.394 e. The minimum Gasteiger partial charge on any atom is -0.394 e. The highest BCUT2D eigenvalue weighted by molar-refractivity contribution is 7.09. The molecule has 3 rings (SSSR count). The van der Waals surface area contributed by atoms with Crippen molar-refractivity contribution >= 4 is 17.0 Å². The molecule has 0 radical (unpaired) electrons. The van der Waals surface area contributed by atoms with E-state index in [0.717, 1.165) is 33.3 Å². The Bertz CT molecular complexity index is 837. The van der Waals surface area contributed by atoms with Gasteiger partial charge in [0.25, 0.3) is 0 Å². The van der Waals surface area contributed by atoms with Crippen LogP contribution in [-0.4, -0.2) is 26.5 Å². The molecule has 0 aliphatic rings. The standard InChI is InChI=1S/C18H22N4OS/c1-12-17(13(2)22(21-12)7-8-23)10-19-16-6-4-5-15(9-16)18-11-24-14(3)20-18/h4-6,9,11,19,23H,7-8,10H2,1-3H3. The van der Waals surface area contributed by atoms with Crippen molar-refractivity contribution in [3.05, 3.63) is 51.6 Å². The average Bonchev–Trinajstić information content (AvgIpc) is 3.11. The molecule has 0 bridgehead atoms. The van der Waals surface area contributed by atoms with Crippen molar-refractivity contribution in [1.29, 1.82) is 0 Å². The quantitative estimate of drug-likeness (QED) is 0.719. The van der Waals surface area contributed by atoms with Crippen molar-refractivity contribution in [3.8, 4) is 11.3 Å². The number of anilines is 1. The molecule has 0 saturated carbocycles. The topological polar surface area (TPSA) is 63.0 Å². The summed E-state index contributed by atoms with van der Waals surface area (Å²) >= 11 is 1.66. The molecule has 2 heterocycles. The summed E-state index contributed by atoms with van der Waals surface area (Å²) in [5.41, 5.74) is 6.48. The Hall–Kier alpha value is -2.18. The van der Waals surface area contributed by atoms with Gasteiger partial charge in [-0.05, 0) is 32.9 Å². The Morgan fingerprint density at radius 3 is 2.79 bits per heavy atom. The Kier molecular flexibility index (Phi) is 4.97. The number of hydrogen-bond donors (Lipinski definition) is 2. The normalized spacial score (nSPS) is 11.0. The predicted octanol–water partition coefficient (Wildman–Crippen LogP) is 3.54. The molecule has 24 heavy (non-hydrogen) atoms. The molecule has 0 saturated heterocycles. The van der Waals surface area contributed by atoms with E-state index in [9.17, 15) is 0 Å². The number of benzene rings is 1. The zero-order chi connectivity index (χ0) is 17.1. The van der Waals surface area contributed by atoms with Crippen molar-refractivity contribution in [2.75, 3.05) is 11.9 Å². The van der Waals surface area contributed by atoms with Gasteiger partial charge in [-0.25, -0.2) is 4.98 Å². The monoisotopic (exact) mass is 342 g/mol. The molecule has 0 spiro atoms. The van der Waals surface area contributed by atoms with E-state index in [4.69, 9.17) is 5.11 Å². The Morgan fingerprint density at radius 2 is 2.08 bits per heavy atom. The minimum atomic E-state index is 0.101. The molecular weight excluding hydrogens is 320 g/mol. The van der Waals surface area contributed by atoms with Crippen LogP contribution in [0.3, 0.4) is 0 Å². The summed E-state index contributed by atoms with van der Waals surface area (Å²) in [6.45, 7) is 7.41. The van der Waals surface area contributed by atoms with Gasteiger partial charge in [0, 0.05) is 34.4 Å². The highest BCUT2D eigenvalue weighted by Crippen LogP contribution is 2.25. The number of nitrogens with one attached hydrogen (secondary N) is 1. The molecule has 2 N–H and O–H groups in total. The van der Waals surface area contributed by atoms with Gasteiger partial charge in [0.05, 0.1) is 29.5 Å². The van der Waals surface area contributed by atoms with Gasteiger partial charge in [0.2, 0.25) is 0 Å². The Morgan fingerprint density at radius 1 is 1.25 bits per heavy atom. The van der Waals surface area contributed by atoms with Crippen molar-refractivity contribution in [2.24, 2.45) is 0 Å². The summed E-state index contributed by atoms with van der Waals surface area (Å²) in [6, 6.07) is 8.31. The molecule has 126 valence electrons. The summed E-state index contributed by atoms with van der Waals surface area (Å²) < 4.78 is 1.86. The van der Waals surface area contributed by atoms with E-state index in [1.165, 1.54) is 5.56 Å². The van der Waals surface area contributed by atoms with E-state index in [-0.39, 0.29) is 6.61 Å². The van der Waals surface area contributed by atoms with Crippen LogP contribution >= 0.6 is 11.3 Å². The smallest absolute Gasteiger partial charge is 0.0901 e. The second-order valence-electron chi connectivity index (χ2n) is 5.78. The summed E-state index contributed by atoms with van der Waals surface area (Å²) in [7, 11) is 0. The lowest BCUT2D eigenvalue weighted by atomic mass is 10.1. The van der Waals surface area contributed by atoms with Gasteiger partial charge in [0.1, 0.15) is 0 Å². The first-order valence-corrected chi connectivity index (χ1v) is 8.86. The Balaban J connectivity index is 1.76. The van der Waals surface area contributed by atoms with Crippen LogP contribution in [0.15, 0.2) is 29.6 Å². The van der Waals surface area contributed by atoms with Crippen molar-refractivity contribution in [3.63, 3.8) is 0 Å². The van der Waals surface area contributed by atoms with Crippen LogP contribution in [0.5, 0.6) is 0 Å². The number of thiazole rings is 1. The molecule has 0 aliphatic heterocycles. The van der Waals surface area contributed by atoms with E-state index >= 15 is 0 Å². The molecule has 5 nitrogen and oxygen atoms in total. The summed E-state index contributed by atoms with van der Waals surface area (Å²) in [6.07, 6.45) is 0. The zero-order valence-electron chi connectivity index (χ0n) is 14.2. The maximum atomic E-state index is 9.11. The van der Waals surface area contributed by atoms with Crippen molar-refractivity contribution < 1.29 is 5.11 Å². The minimum absolute atomic E-state index is 0.101. The number of aryl methyl sites for hydroxylation is 2. The third kappa shape index (κ3) is 3.49. The van der Waals surface area contributed by atoms with Crippen LogP contribution in [0.2, 0.25) is 0 Å². The third-order valence-corrected chi connectivity index (χ3v) is 4.86. The maximum absolute atomic E-state index is 9.11. The van der Waals surface area contributed by atoms with Crippen LogP contribution in [0, 0.1) is 20.8 Å². The van der Waals surface area contributed by atoms with Crippen molar-refractivity contribution in [2.45, 2.75) is 33.9 Å². The van der Waals surface area contributed by atoms with E-state index in [1.807, 2.05) is 31.5 Å². The van der Waals surface area contributed by atoms with Gasteiger partial charge in [-0.3, -0.25) is 4.68 Å². The number of nitrogens with zero attached hydrogens (tertiary/aromatic N) is 3. The number of aliphatic hydroxyl groups excluding tert-OH is 1. The number of hydrogen-bond acceptors (Lipinski definition) is 5. The fourth-order valence-corrected chi connectivity index (χ4v) is 3.40. The van der Waals surface area contributed by atoms with Crippen LogP contribution < -0.4 is 5.32 Å². The second-order valence-corrected chi connectivity index (χ2v) is 6.84. The number of aliphatic hydroxyl groups is 1.